The molecule has 122 valence electrons. The third-order valence-corrected chi connectivity index (χ3v) is 3.95. The van der Waals surface area contributed by atoms with Gasteiger partial charge in [-0.05, 0) is 31.0 Å². The smallest absolute Gasteiger partial charge is 0.259 e. The molecule has 1 aromatic carbocycles. The Morgan fingerprint density at radius 1 is 1.12 bits per heavy atom. The first kappa shape index (κ1) is 15.9. The van der Waals surface area contributed by atoms with Gasteiger partial charge in [0.05, 0.1) is 6.20 Å². The zero-order valence-electron chi connectivity index (χ0n) is 13.8. The summed E-state index contributed by atoms with van der Waals surface area (Å²) in [7, 11) is 1.79. The van der Waals surface area contributed by atoms with Crippen molar-refractivity contribution in [3.63, 3.8) is 0 Å². The van der Waals surface area contributed by atoms with Crippen molar-refractivity contribution >= 4 is 5.91 Å². The number of aromatic nitrogens is 2. The largest absolute Gasteiger partial charge is 0.355 e. The van der Waals surface area contributed by atoms with Crippen LogP contribution < -0.4 is 0 Å². The lowest BCUT2D eigenvalue weighted by atomic mass is 10.1. The highest BCUT2D eigenvalue weighted by Gasteiger charge is 2.20. The van der Waals surface area contributed by atoms with Gasteiger partial charge in [0.2, 0.25) is 0 Å². The van der Waals surface area contributed by atoms with E-state index in [4.69, 9.17) is 4.52 Å². The highest BCUT2D eigenvalue weighted by molar-refractivity contribution is 5.99. The van der Waals surface area contributed by atoms with Gasteiger partial charge in [0.1, 0.15) is 5.56 Å². The number of rotatable bonds is 5. The molecule has 0 spiro atoms. The third-order valence-electron chi connectivity index (χ3n) is 3.95. The molecule has 0 unspecified atom stereocenters. The summed E-state index contributed by atoms with van der Waals surface area (Å²) in [5.41, 5.74) is 3.63. The Kier molecular flexibility index (Phi) is 4.70. The van der Waals surface area contributed by atoms with Gasteiger partial charge in [0.25, 0.3) is 5.91 Å². The van der Waals surface area contributed by atoms with E-state index in [2.05, 4.69) is 10.1 Å². The second-order valence-electron chi connectivity index (χ2n) is 5.77. The van der Waals surface area contributed by atoms with Gasteiger partial charge < -0.3 is 9.42 Å². The SMILES string of the molecule is Cc1ccc(-c2oncc2C(=O)N(C)CCc2ccncc2)cc1. The van der Waals surface area contributed by atoms with Crippen LogP contribution in [-0.2, 0) is 6.42 Å². The molecule has 24 heavy (non-hydrogen) atoms. The average molecular weight is 321 g/mol. The number of nitrogens with zero attached hydrogens (tertiary/aromatic N) is 3. The molecule has 0 bridgehead atoms. The maximum absolute atomic E-state index is 12.7. The van der Waals surface area contributed by atoms with Crippen molar-refractivity contribution in [2.24, 2.45) is 0 Å². The minimum atomic E-state index is -0.0964. The number of hydrogen-bond donors (Lipinski definition) is 0. The number of likely N-dealkylation sites (N-methyl/N-ethyl adjacent to an activating group) is 1. The third kappa shape index (κ3) is 3.51. The van der Waals surface area contributed by atoms with Gasteiger partial charge in [-0.15, -0.1) is 0 Å². The maximum atomic E-state index is 12.7. The van der Waals surface area contributed by atoms with Crippen molar-refractivity contribution in [3.8, 4) is 11.3 Å². The Balaban J connectivity index is 1.73. The molecule has 1 amide bonds. The molecule has 5 heteroatoms. The van der Waals surface area contributed by atoms with E-state index in [9.17, 15) is 4.79 Å². The van der Waals surface area contributed by atoms with E-state index >= 15 is 0 Å². The molecule has 0 N–H and O–H groups in total. The zero-order chi connectivity index (χ0) is 16.9. The Labute approximate surface area is 140 Å². The summed E-state index contributed by atoms with van der Waals surface area (Å²) < 4.78 is 5.32. The predicted molar refractivity (Wildman–Crippen MR) is 91.6 cm³/mol. The maximum Gasteiger partial charge on any atom is 0.259 e. The van der Waals surface area contributed by atoms with Crippen molar-refractivity contribution < 1.29 is 9.32 Å². The van der Waals surface area contributed by atoms with Gasteiger partial charge >= 0.3 is 0 Å². The summed E-state index contributed by atoms with van der Waals surface area (Å²) in [4.78, 5) is 18.4. The fraction of sp³-hybridized carbons (Fsp3) is 0.211. The van der Waals surface area contributed by atoms with Crippen LogP contribution in [0.15, 0.2) is 59.5 Å². The van der Waals surface area contributed by atoms with Gasteiger partial charge in [-0.2, -0.15) is 0 Å². The molecule has 3 aromatic rings. The summed E-state index contributed by atoms with van der Waals surface area (Å²) in [6.45, 7) is 2.63. The number of hydrogen-bond acceptors (Lipinski definition) is 4. The van der Waals surface area contributed by atoms with E-state index in [1.54, 1.807) is 24.3 Å². The highest BCUT2D eigenvalue weighted by Crippen LogP contribution is 2.24. The van der Waals surface area contributed by atoms with Gasteiger partial charge in [-0.1, -0.05) is 35.0 Å². The van der Waals surface area contributed by atoms with E-state index in [0.29, 0.717) is 17.9 Å². The fourth-order valence-electron chi connectivity index (χ4n) is 2.46. The topological polar surface area (TPSA) is 59.2 Å². The van der Waals surface area contributed by atoms with E-state index in [1.165, 1.54) is 6.20 Å². The monoisotopic (exact) mass is 321 g/mol. The average Bonchev–Trinajstić information content (AvgIpc) is 3.10. The summed E-state index contributed by atoms with van der Waals surface area (Å²) in [6, 6.07) is 11.7. The van der Waals surface area contributed by atoms with Gasteiger partial charge in [-0.3, -0.25) is 9.78 Å². The lowest BCUT2D eigenvalue weighted by Crippen LogP contribution is -2.28. The van der Waals surface area contributed by atoms with Crippen molar-refractivity contribution in [3.05, 3.63) is 71.7 Å². The zero-order valence-corrected chi connectivity index (χ0v) is 13.8. The normalized spacial score (nSPS) is 10.6. The molecule has 0 saturated heterocycles. The highest BCUT2D eigenvalue weighted by atomic mass is 16.5. The van der Waals surface area contributed by atoms with Crippen LogP contribution in [0.2, 0.25) is 0 Å². The molecule has 0 aliphatic heterocycles. The molecule has 2 heterocycles. The lowest BCUT2D eigenvalue weighted by Gasteiger charge is -2.16. The molecule has 2 aromatic heterocycles. The van der Waals surface area contributed by atoms with Crippen LogP contribution >= 0.6 is 0 Å². The molecule has 3 rings (SSSR count). The van der Waals surface area contributed by atoms with Gasteiger partial charge in [0.15, 0.2) is 5.76 Å². The van der Waals surface area contributed by atoms with Crippen LogP contribution in [0.1, 0.15) is 21.5 Å². The Bertz CT molecular complexity index is 810. The van der Waals surface area contributed by atoms with E-state index < -0.39 is 0 Å². The molecular formula is C19H19N3O2. The second kappa shape index (κ2) is 7.08. The van der Waals surface area contributed by atoms with E-state index in [-0.39, 0.29) is 5.91 Å². The van der Waals surface area contributed by atoms with Crippen LogP contribution in [0.4, 0.5) is 0 Å². The first-order valence-corrected chi connectivity index (χ1v) is 7.81. The number of carbonyl (C=O) groups excluding carboxylic acids is 1. The molecule has 0 saturated carbocycles. The number of amides is 1. The van der Waals surface area contributed by atoms with Gasteiger partial charge in [0, 0.05) is 31.5 Å². The van der Waals surface area contributed by atoms with Crippen molar-refractivity contribution in [1.29, 1.82) is 0 Å². The van der Waals surface area contributed by atoms with Crippen LogP contribution in [0, 0.1) is 6.92 Å². The van der Waals surface area contributed by atoms with Crippen LogP contribution in [-0.4, -0.2) is 34.5 Å². The number of benzene rings is 1. The van der Waals surface area contributed by atoms with Crippen LogP contribution in [0.5, 0.6) is 0 Å². The molecule has 5 nitrogen and oxygen atoms in total. The first-order chi connectivity index (χ1) is 11.6. The van der Waals surface area contributed by atoms with E-state index in [1.807, 2.05) is 43.3 Å². The van der Waals surface area contributed by atoms with Crippen LogP contribution in [0.3, 0.4) is 0 Å². The van der Waals surface area contributed by atoms with E-state index in [0.717, 1.165) is 23.1 Å². The second-order valence-corrected chi connectivity index (χ2v) is 5.77. The lowest BCUT2D eigenvalue weighted by molar-refractivity contribution is 0.0797. The Hall–Kier alpha value is -2.95. The number of pyridine rings is 1. The minimum absolute atomic E-state index is 0.0964. The predicted octanol–water partition coefficient (Wildman–Crippen LogP) is 3.36. The van der Waals surface area contributed by atoms with Gasteiger partial charge in [-0.25, -0.2) is 0 Å². The molecule has 0 atom stereocenters. The number of carbonyl (C=O) groups is 1. The van der Waals surface area contributed by atoms with Crippen LogP contribution in [0.25, 0.3) is 11.3 Å². The summed E-state index contributed by atoms with van der Waals surface area (Å²) in [5.74, 6) is 0.414. The van der Waals surface area contributed by atoms with Crippen molar-refractivity contribution in [2.45, 2.75) is 13.3 Å². The Morgan fingerprint density at radius 3 is 2.54 bits per heavy atom. The number of aryl methyl sites for hydroxylation is 1. The molecule has 0 radical (unpaired) electrons. The van der Waals surface area contributed by atoms with Crippen molar-refractivity contribution in [1.82, 2.24) is 15.0 Å². The summed E-state index contributed by atoms with van der Waals surface area (Å²) >= 11 is 0. The Morgan fingerprint density at radius 2 is 1.83 bits per heavy atom. The standard InChI is InChI=1S/C19H19N3O2/c1-14-3-5-16(6-4-14)18-17(13-21-24-18)19(23)22(2)12-9-15-7-10-20-11-8-15/h3-8,10-11,13H,9,12H2,1-2H3. The fourth-order valence-corrected chi connectivity index (χ4v) is 2.46. The molecule has 0 fully saturated rings. The molecule has 0 aliphatic carbocycles. The summed E-state index contributed by atoms with van der Waals surface area (Å²) in [6.07, 6.45) is 5.77. The van der Waals surface area contributed by atoms with Crippen molar-refractivity contribution in [2.75, 3.05) is 13.6 Å². The molecular weight excluding hydrogens is 302 g/mol. The minimum Gasteiger partial charge on any atom is -0.355 e. The summed E-state index contributed by atoms with van der Waals surface area (Å²) in [5, 5.41) is 3.81. The molecule has 0 aliphatic rings. The first-order valence-electron chi connectivity index (χ1n) is 7.81. The quantitative estimate of drug-likeness (QED) is 0.723.